The molecule has 0 saturated heterocycles. The van der Waals surface area contributed by atoms with Crippen molar-refractivity contribution in [2.24, 2.45) is 11.3 Å². The van der Waals surface area contributed by atoms with Crippen molar-refractivity contribution in [1.82, 2.24) is 4.90 Å². The third-order valence-electron chi connectivity index (χ3n) is 6.97. The average molecular weight is 653 g/mol. The van der Waals surface area contributed by atoms with E-state index in [0.29, 0.717) is 55.4 Å². The first-order chi connectivity index (χ1) is 20.0. The Labute approximate surface area is 262 Å². The number of nitrogens with one attached hydrogen (secondary N) is 2. The SMILES string of the molecule is CC(C)(C)C.CCC(C)CC(C)(C)N1C(=O)c2cccc3c(NC(=O)OCc4cc(Br)c(O)c(C=N)c4)ccc(c23)C1=O. The van der Waals surface area contributed by atoms with Gasteiger partial charge in [0.25, 0.3) is 11.8 Å². The molecular formula is C34H42BrN3O5. The zero-order valence-electron chi connectivity index (χ0n) is 26.2. The van der Waals surface area contributed by atoms with Gasteiger partial charge >= 0.3 is 6.09 Å². The Balaban J connectivity index is 0.000000934. The summed E-state index contributed by atoms with van der Waals surface area (Å²) in [6.45, 7) is 16.7. The molecule has 43 heavy (non-hydrogen) atoms. The fraction of sp³-hybridized carbons (Fsp3) is 0.412. The maximum absolute atomic E-state index is 13.6. The van der Waals surface area contributed by atoms with Crippen molar-refractivity contribution in [2.75, 3.05) is 5.32 Å². The molecule has 3 aromatic rings. The summed E-state index contributed by atoms with van der Waals surface area (Å²) >= 11 is 3.22. The van der Waals surface area contributed by atoms with E-state index in [9.17, 15) is 19.5 Å². The topological polar surface area (TPSA) is 120 Å². The normalized spacial score (nSPS) is 13.7. The first-order valence-corrected chi connectivity index (χ1v) is 15.2. The quantitative estimate of drug-likeness (QED) is 0.166. The Morgan fingerprint density at radius 1 is 1.07 bits per heavy atom. The molecule has 0 spiro atoms. The number of rotatable bonds is 8. The van der Waals surface area contributed by atoms with Crippen LogP contribution in [0, 0.1) is 16.7 Å². The lowest BCUT2D eigenvalue weighted by Gasteiger charge is -2.41. The van der Waals surface area contributed by atoms with Crippen molar-refractivity contribution in [3.05, 3.63) is 69.2 Å². The Bertz CT molecular complexity index is 1530. The van der Waals surface area contributed by atoms with Crippen LogP contribution in [0.25, 0.3) is 10.8 Å². The van der Waals surface area contributed by atoms with E-state index in [1.807, 2.05) is 13.8 Å². The lowest BCUT2D eigenvalue weighted by molar-refractivity contribution is 0.0393. The number of phenols is 1. The predicted molar refractivity (Wildman–Crippen MR) is 175 cm³/mol. The summed E-state index contributed by atoms with van der Waals surface area (Å²) in [5.41, 5.74) is 1.95. The molecule has 3 aromatic carbocycles. The summed E-state index contributed by atoms with van der Waals surface area (Å²) < 4.78 is 5.74. The number of anilines is 1. The van der Waals surface area contributed by atoms with E-state index in [4.69, 9.17) is 10.1 Å². The predicted octanol–water partition coefficient (Wildman–Crippen LogP) is 8.92. The summed E-state index contributed by atoms with van der Waals surface area (Å²) in [4.78, 5) is 41.2. The van der Waals surface area contributed by atoms with Gasteiger partial charge in [-0.05, 0) is 83.4 Å². The van der Waals surface area contributed by atoms with Crippen LogP contribution in [-0.4, -0.2) is 39.7 Å². The highest BCUT2D eigenvalue weighted by molar-refractivity contribution is 9.10. The number of aromatic hydroxyl groups is 1. The summed E-state index contributed by atoms with van der Waals surface area (Å²) in [5, 5.41) is 21.1. The largest absolute Gasteiger partial charge is 0.506 e. The van der Waals surface area contributed by atoms with Crippen LogP contribution < -0.4 is 5.32 Å². The molecule has 9 heteroatoms. The highest BCUT2D eigenvalue weighted by Gasteiger charge is 2.42. The summed E-state index contributed by atoms with van der Waals surface area (Å²) in [6, 6.07) is 11.6. The first kappa shape index (κ1) is 33.8. The molecule has 0 aliphatic carbocycles. The molecule has 0 bridgehead atoms. The first-order valence-electron chi connectivity index (χ1n) is 14.4. The van der Waals surface area contributed by atoms with Gasteiger partial charge in [-0.3, -0.25) is 19.8 Å². The second-order valence-corrected chi connectivity index (χ2v) is 14.1. The molecule has 0 fully saturated rings. The van der Waals surface area contributed by atoms with E-state index in [1.54, 1.807) is 42.5 Å². The van der Waals surface area contributed by atoms with Gasteiger partial charge in [-0.1, -0.05) is 60.1 Å². The fourth-order valence-corrected chi connectivity index (χ4v) is 5.53. The number of ether oxygens (including phenoxy) is 1. The second-order valence-electron chi connectivity index (χ2n) is 13.2. The minimum absolute atomic E-state index is 0.0667. The molecular weight excluding hydrogens is 610 g/mol. The Kier molecular flexibility index (Phi) is 10.4. The van der Waals surface area contributed by atoms with Gasteiger partial charge in [0.1, 0.15) is 12.4 Å². The molecule has 4 rings (SSSR count). The molecule has 1 aliphatic heterocycles. The van der Waals surface area contributed by atoms with Crippen molar-refractivity contribution < 1.29 is 24.2 Å². The number of hydrogen-bond acceptors (Lipinski definition) is 6. The van der Waals surface area contributed by atoms with Crippen molar-refractivity contribution in [3.63, 3.8) is 0 Å². The van der Waals surface area contributed by atoms with Gasteiger partial charge in [0.2, 0.25) is 0 Å². The number of halogens is 1. The molecule has 0 aromatic heterocycles. The molecule has 3 amide bonds. The van der Waals surface area contributed by atoms with E-state index in [-0.39, 0.29) is 29.7 Å². The maximum Gasteiger partial charge on any atom is 0.411 e. The van der Waals surface area contributed by atoms with Crippen molar-refractivity contribution in [1.29, 1.82) is 5.41 Å². The standard InChI is InChI=1S/C29H30BrN3O5.C5H12/c1-5-16(2)13-29(3,4)33-26(35)20-8-6-7-19-23(10-9-21(24(19)20)27(33)36)32-28(37)38-15-17-11-18(14-31)25(34)22(30)12-17;1-5(2,3)4/h6-12,14,16,31,34H,5,13,15H2,1-4H3,(H,32,37);1-4H3. The number of nitrogens with zero attached hydrogens (tertiary/aromatic N) is 1. The van der Waals surface area contributed by atoms with E-state index in [2.05, 4.69) is 62.8 Å². The summed E-state index contributed by atoms with van der Waals surface area (Å²) in [7, 11) is 0. The Morgan fingerprint density at radius 3 is 2.26 bits per heavy atom. The van der Waals surface area contributed by atoms with E-state index >= 15 is 0 Å². The Morgan fingerprint density at radius 2 is 1.67 bits per heavy atom. The fourth-order valence-electron chi connectivity index (χ4n) is 5.01. The van der Waals surface area contributed by atoms with Crippen molar-refractivity contribution in [3.8, 4) is 5.75 Å². The van der Waals surface area contributed by atoms with Gasteiger partial charge in [-0.25, -0.2) is 4.79 Å². The number of phenolic OH excluding ortho intramolecular Hbond substituents is 1. The minimum atomic E-state index is -0.726. The van der Waals surface area contributed by atoms with Crippen molar-refractivity contribution in [2.45, 2.75) is 80.4 Å². The smallest absolute Gasteiger partial charge is 0.411 e. The highest BCUT2D eigenvalue weighted by atomic mass is 79.9. The van der Waals surface area contributed by atoms with Crippen LogP contribution in [0.5, 0.6) is 5.75 Å². The maximum atomic E-state index is 13.6. The molecule has 1 atom stereocenters. The number of benzene rings is 3. The highest BCUT2D eigenvalue weighted by Crippen LogP contribution is 2.38. The summed E-state index contributed by atoms with van der Waals surface area (Å²) in [6.07, 6.45) is 1.92. The van der Waals surface area contributed by atoms with Crippen LogP contribution in [0.15, 0.2) is 46.9 Å². The monoisotopic (exact) mass is 651 g/mol. The van der Waals surface area contributed by atoms with Gasteiger partial charge in [-0.15, -0.1) is 0 Å². The van der Waals surface area contributed by atoms with Crippen LogP contribution in [-0.2, 0) is 11.3 Å². The molecule has 1 unspecified atom stereocenters. The molecule has 8 nitrogen and oxygen atoms in total. The van der Waals surface area contributed by atoms with Crippen LogP contribution >= 0.6 is 15.9 Å². The molecule has 3 N–H and O–H groups in total. The lowest BCUT2D eigenvalue weighted by atomic mass is 9.84. The minimum Gasteiger partial charge on any atom is -0.506 e. The van der Waals surface area contributed by atoms with Crippen LogP contribution in [0.4, 0.5) is 10.5 Å². The lowest BCUT2D eigenvalue weighted by Crippen LogP contribution is -2.53. The second kappa shape index (κ2) is 13.3. The van der Waals surface area contributed by atoms with Gasteiger partial charge in [0, 0.05) is 39.2 Å². The number of carbonyl (C=O) groups is 3. The van der Waals surface area contributed by atoms with Gasteiger partial charge < -0.3 is 15.3 Å². The molecule has 0 saturated carbocycles. The van der Waals surface area contributed by atoms with Gasteiger partial charge in [-0.2, -0.15) is 0 Å². The molecule has 230 valence electrons. The number of carbonyl (C=O) groups excluding carboxylic acids is 3. The van der Waals surface area contributed by atoms with Crippen molar-refractivity contribution >= 4 is 56.5 Å². The Hall–Kier alpha value is -3.72. The van der Waals surface area contributed by atoms with E-state index < -0.39 is 11.6 Å². The van der Waals surface area contributed by atoms with Crippen LogP contribution in [0.1, 0.15) is 100 Å². The zero-order chi connectivity index (χ0) is 32.3. The van der Waals surface area contributed by atoms with E-state index in [0.717, 1.165) is 12.6 Å². The number of imide groups is 1. The van der Waals surface area contributed by atoms with Gasteiger partial charge in [0.15, 0.2) is 0 Å². The van der Waals surface area contributed by atoms with Gasteiger partial charge in [0.05, 0.1) is 10.2 Å². The zero-order valence-corrected chi connectivity index (χ0v) is 27.8. The average Bonchev–Trinajstić information content (AvgIpc) is 2.91. The van der Waals surface area contributed by atoms with Crippen LogP contribution in [0.3, 0.4) is 0 Å². The van der Waals surface area contributed by atoms with Crippen LogP contribution in [0.2, 0.25) is 0 Å². The molecule has 1 heterocycles. The number of amides is 3. The van der Waals surface area contributed by atoms with E-state index in [1.165, 1.54) is 4.90 Å². The summed E-state index contributed by atoms with van der Waals surface area (Å²) in [5.74, 6) is -0.412. The molecule has 0 radical (unpaired) electrons. The third kappa shape index (κ3) is 8.02. The number of hydrogen-bond donors (Lipinski definition) is 3. The third-order valence-corrected chi connectivity index (χ3v) is 7.58. The molecule has 1 aliphatic rings.